The highest BCUT2D eigenvalue weighted by Crippen LogP contribution is 2.22. The van der Waals surface area contributed by atoms with Gasteiger partial charge in [0.25, 0.3) is 6.26 Å². The summed E-state index contributed by atoms with van der Waals surface area (Å²) in [6.45, 7) is 0. The van der Waals surface area contributed by atoms with E-state index in [9.17, 15) is 4.79 Å². The van der Waals surface area contributed by atoms with E-state index >= 15 is 0 Å². The van der Waals surface area contributed by atoms with Crippen LogP contribution in [0.2, 0.25) is 0 Å². The molecule has 0 bridgehead atoms. The van der Waals surface area contributed by atoms with Crippen LogP contribution in [-0.2, 0) is 4.74 Å². The van der Waals surface area contributed by atoms with Gasteiger partial charge in [0.1, 0.15) is 11.9 Å². The average molecular weight is 245 g/mol. The van der Waals surface area contributed by atoms with E-state index in [2.05, 4.69) is 4.74 Å². The predicted octanol–water partition coefficient (Wildman–Crippen LogP) is 3.04. The molecule has 4 nitrogen and oxygen atoms in total. The second-order valence-corrected chi connectivity index (χ2v) is 4.38. The molecule has 0 atom stereocenters. The third kappa shape index (κ3) is 3.24. The maximum Gasteiger partial charge on any atom is 0.338 e. The first kappa shape index (κ1) is 12.4. The highest BCUT2D eigenvalue weighted by Gasteiger charge is 2.18. The van der Waals surface area contributed by atoms with E-state index in [4.69, 9.17) is 10.00 Å². The number of carbonyl (C=O) groups excluding carboxylic acids is 1. The van der Waals surface area contributed by atoms with Gasteiger partial charge in [-0.25, -0.2) is 4.79 Å². The smallest absolute Gasteiger partial charge is 0.338 e. The Morgan fingerprint density at radius 1 is 1.17 bits per heavy atom. The third-order valence-corrected chi connectivity index (χ3v) is 3.08. The first-order valence-electron chi connectivity index (χ1n) is 6.16. The summed E-state index contributed by atoms with van der Waals surface area (Å²) in [4.78, 5) is 11.9. The lowest BCUT2D eigenvalue weighted by Crippen LogP contribution is -2.20. The average Bonchev–Trinajstić information content (AvgIpc) is 2.41. The SMILES string of the molecule is N#COc1ccc(C(=O)OC2CCCCC2)cc1. The molecular weight excluding hydrogens is 230 g/mol. The molecule has 1 fully saturated rings. The number of esters is 1. The zero-order chi connectivity index (χ0) is 12.8. The van der Waals surface area contributed by atoms with Gasteiger partial charge in [-0.05, 0) is 49.9 Å². The fourth-order valence-electron chi connectivity index (χ4n) is 2.11. The second-order valence-electron chi connectivity index (χ2n) is 4.38. The second kappa shape index (κ2) is 6.06. The van der Waals surface area contributed by atoms with Crippen LogP contribution >= 0.6 is 0 Å². The number of carbonyl (C=O) groups is 1. The van der Waals surface area contributed by atoms with Gasteiger partial charge in [-0.3, -0.25) is 0 Å². The van der Waals surface area contributed by atoms with Crippen molar-refractivity contribution in [2.75, 3.05) is 0 Å². The van der Waals surface area contributed by atoms with Gasteiger partial charge < -0.3 is 9.47 Å². The van der Waals surface area contributed by atoms with Crippen LogP contribution in [-0.4, -0.2) is 12.1 Å². The topological polar surface area (TPSA) is 59.3 Å². The van der Waals surface area contributed by atoms with Gasteiger partial charge in [0.15, 0.2) is 0 Å². The van der Waals surface area contributed by atoms with Gasteiger partial charge >= 0.3 is 5.97 Å². The lowest BCUT2D eigenvalue weighted by molar-refractivity contribution is 0.0211. The lowest BCUT2D eigenvalue weighted by atomic mass is 9.98. The molecule has 0 amide bonds. The fraction of sp³-hybridized carbons (Fsp3) is 0.429. The monoisotopic (exact) mass is 245 g/mol. The Morgan fingerprint density at radius 3 is 2.44 bits per heavy atom. The molecule has 2 rings (SSSR count). The Balaban J connectivity index is 1.93. The first-order chi connectivity index (χ1) is 8.79. The van der Waals surface area contributed by atoms with Gasteiger partial charge in [0.05, 0.1) is 5.56 Å². The van der Waals surface area contributed by atoms with Crippen molar-refractivity contribution in [1.82, 2.24) is 0 Å². The molecule has 0 aromatic heterocycles. The van der Waals surface area contributed by atoms with E-state index in [1.165, 1.54) is 6.42 Å². The minimum absolute atomic E-state index is 0.0567. The molecule has 4 heteroatoms. The number of nitriles is 1. The lowest BCUT2D eigenvalue weighted by Gasteiger charge is -2.21. The number of rotatable bonds is 3. The van der Waals surface area contributed by atoms with E-state index in [0.29, 0.717) is 11.3 Å². The largest absolute Gasteiger partial charge is 0.459 e. The van der Waals surface area contributed by atoms with E-state index in [1.807, 2.05) is 0 Å². The van der Waals surface area contributed by atoms with Gasteiger partial charge in [-0.15, -0.1) is 5.26 Å². The highest BCUT2D eigenvalue weighted by atomic mass is 16.5. The standard InChI is InChI=1S/C14H15NO3/c15-10-17-12-8-6-11(7-9-12)14(16)18-13-4-2-1-3-5-13/h6-9,13H,1-5H2. The Labute approximate surface area is 106 Å². The zero-order valence-corrected chi connectivity index (χ0v) is 10.1. The van der Waals surface area contributed by atoms with Gasteiger partial charge in [-0.2, -0.15) is 0 Å². The summed E-state index contributed by atoms with van der Waals surface area (Å²) in [6, 6.07) is 6.39. The molecule has 0 spiro atoms. The van der Waals surface area contributed by atoms with Crippen molar-refractivity contribution in [3.05, 3.63) is 29.8 Å². The molecule has 0 saturated heterocycles. The Bertz CT molecular complexity index is 441. The maximum absolute atomic E-state index is 11.9. The summed E-state index contributed by atoms with van der Waals surface area (Å²) in [6.07, 6.45) is 7.05. The summed E-state index contributed by atoms with van der Waals surface area (Å²) >= 11 is 0. The molecule has 0 radical (unpaired) electrons. The summed E-state index contributed by atoms with van der Waals surface area (Å²) in [7, 11) is 0. The molecular formula is C14H15NO3. The highest BCUT2D eigenvalue weighted by molar-refractivity contribution is 5.89. The normalized spacial score (nSPS) is 15.7. The molecule has 1 aliphatic rings. The van der Waals surface area contributed by atoms with E-state index < -0.39 is 0 Å². The van der Waals surface area contributed by atoms with Crippen LogP contribution in [0.3, 0.4) is 0 Å². The molecule has 1 aromatic rings. The van der Waals surface area contributed by atoms with Crippen LogP contribution < -0.4 is 4.74 Å². The van der Waals surface area contributed by atoms with Gasteiger partial charge in [-0.1, -0.05) is 6.42 Å². The number of benzene rings is 1. The summed E-state index contributed by atoms with van der Waals surface area (Å²) in [5.74, 6) is 0.122. The Morgan fingerprint density at radius 2 is 1.83 bits per heavy atom. The van der Waals surface area contributed by atoms with Crippen molar-refractivity contribution in [2.24, 2.45) is 0 Å². The van der Waals surface area contributed by atoms with Crippen molar-refractivity contribution >= 4 is 5.97 Å². The summed E-state index contributed by atoms with van der Waals surface area (Å²) < 4.78 is 10.1. The van der Waals surface area contributed by atoms with Crippen LogP contribution in [0.15, 0.2) is 24.3 Å². The molecule has 18 heavy (non-hydrogen) atoms. The van der Waals surface area contributed by atoms with Crippen LogP contribution in [0.25, 0.3) is 0 Å². The molecule has 0 aliphatic heterocycles. The molecule has 0 N–H and O–H groups in total. The van der Waals surface area contributed by atoms with E-state index in [0.717, 1.165) is 25.7 Å². The van der Waals surface area contributed by atoms with Crippen LogP contribution in [0.4, 0.5) is 0 Å². The molecule has 1 aliphatic carbocycles. The van der Waals surface area contributed by atoms with Crippen molar-refractivity contribution in [2.45, 2.75) is 38.2 Å². The van der Waals surface area contributed by atoms with E-state index in [-0.39, 0.29) is 12.1 Å². The van der Waals surface area contributed by atoms with Crippen LogP contribution in [0.1, 0.15) is 42.5 Å². The molecule has 1 saturated carbocycles. The third-order valence-electron chi connectivity index (χ3n) is 3.08. The van der Waals surface area contributed by atoms with Crippen molar-refractivity contribution in [3.63, 3.8) is 0 Å². The summed E-state index contributed by atoms with van der Waals surface area (Å²) in [5, 5.41) is 8.35. The molecule has 94 valence electrons. The summed E-state index contributed by atoms with van der Waals surface area (Å²) in [5.41, 5.74) is 0.492. The Kier molecular flexibility index (Phi) is 4.19. The number of ether oxygens (including phenoxy) is 2. The molecule has 0 heterocycles. The maximum atomic E-state index is 11.9. The van der Waals surface area contributed by atoms with Crippen LogP contribution in [0.5, 0.6) is 5.75 Å². The molecule has 1 aromatic carbocycles. The number of hydrogen-bond donors (Lipinski definition) is 0. The van der Waals surface area contributed by atoms with Crippen molar-refractivity contribution in [3.8, 4) is 12.0 Å². The van der Waals surface area contributed by atoms with Gasteiger partial charge in [0.2, 0.25) is 0 Å². The fourth-order valence-corrected chi connectivity index (χ4v) is 2.11. The zero-order valence-electron chi connectivity index (χ0n) is 10.1. The predicted molar refractivity (Wildman–Crippen MR) is 65.0 cm³/mol. The minimum Gasteiger partial charge on any atom is -0.459 e. The number of hydrogen-bond acceptors (Lipinski definition) is 4. The molecule has 0 unspecified atom stereocenters. The first-order valence-corrected chi connectivity index (χ1v) is 6.16. The number of nitrogens with zero attached hydrogens (tertiary/aromatic N) is 1. The van der Waals surface area contributed by atoms with Crippen molar-refractivity contribution < 1.29 is 14.3 Å². The Hall–Kier alpha value is -2.02. The van der Waals surface area contributed by atoms with Crippen molar-refractivity contribution in [1.29, 1.82) is 5.26 Å². The minimum atomic E-state index is -0.301. The van der Waals surface area contributed by atoms with Gasteiger partial charge in [0, 0.05) is 0 Å². The quantitative estimate of drug-likeness (QED) is 0.606. The van der Waals surface area contributed by atoms with Crippen LogP contribution in [0, 0.1) is 11.5 Å². The van der Waals surface area contributed by atoms with E-state index in [1.54, 1.807) is 30.5 Å².